The zero-order valence-electron chi connectivity index (χ0n) is 24.0. The molecule has 1 atom stereocenters. The van der Waals surface area contributed by atoms with E-state index in [1.807, 2.05) is 0 Å². The molecule has 0 amide bonds. The number of hydrogen-bond donors (Lipinski definition) is 0. The Balaban J connectivity index is 0.00000133. The Morgan fingerprint density at radius 1 is 0.765 bits per heavy atom. The second-order valence-electron chi connectivity index (χ2n) is 10.5. The molecular formula is C31H50OSiSn. The fraction of sp³-hybridized carbons (Fsp3) is 0.548. The maximum atomic E-state index is 6.87. The Bertz CT molecular complexity index is 809. The summed E-state index contributed by atoms with van der Waals surface area (Å²) in [5.74, 6) is 0. The van der Waals surface area contributed by atoms with Crippen LogP contribution in [-0.2, 0) is 4.43 Å². The Labute approximate surface area is 220 Å². The van der Waals surface area contributed by atoms with Crippen molar-refractivity contribution in [2.45, 2.75) is 108 Å². The van der Waals surface area contributed by atoms with E-state index >= 15 is 0 Å². The normalized spacial score (nSPS) is 12.4. The van der Waals surface area contributed by atoms with Crippen molar-refractivity contribution in [3.63, 3.8) is 0 Å². The summed E-state index contributed by atoms with van der Waals surface area (Å²) < 4.78 is 6.87. The van der Waals surface area contributed by atoms with Gasteiger partial charge in [-0.05, 0) is 93.9 Å². The van der Waals surface area contributed by atoms with E-state index in [4.69, 9.17) is 4.43 Å². The molecule has 0 spiro atoms. The molecule has 2 rings (SSSR count). The zero-order chi connectivity index (χ0) is 25.8. The molecule has 188 valence electrons. The summed E-state index contributed by atoms with van der Waals surface area (Å²) in [5.41, 5.74) is 8.08. The van der Waals surface area contributed by atoms with Crippen molar-refractivity contribution in [3.05, 3.63) is 69.8 Å². The van der Waals surface area contributed by atoms with Crippen LogP contribution < -0.4 is 10.4 Å². The summed E-state index contributed by atoms with van der Waals surface area (Å²) in [7, 11) is -1.35. The van der Waals surface area contributed by atoms with Gasteiger partial charge in [0.2, 0.25) is 0 Å². The average Bonchev–Trinajstić information content (AvgIpc) is 2.68. The van der Waals surface area contributed by atoms with Crippen LogP contribution in [0.15, 0.2) is 36.4 Å². The number of benzene rings is 2. The molecule has 34 heavy (non-hydrogen) atoms. The Kier molecular flexibility index (Phi) is 14.7. The summed E-state index contributed by atoms with van der Waals surface area (Å²) in [4.78, 5) is 7.09. The van der Waals surface area contributed by atoms with Gasteiger partial charge in [-0.1, -0.05) is 73.7 Å². The van der Waals surface area contributed by atoms with E-state index in [1.165, 1.54) is 69.4 Å². The van der Waals surface area contributed by atoms with Gasteiger partial charge < -0.3 is 4.43 Å². The number of rotatable bonds is 10. The fourth-order valence-corrected chi connectivity index (χ4v) is 7.18. The van der Waals surface area contributed by atoms with Crippen molar-refractivity contribution in [2.24, 2.45) is 0 Å². The second-order valence-corrected chi connectivity index (χ2v) is 20.9. The average molecular weight is 586 g/mol. The molecule has 0 bridgehead atoms. The number of aryl methyl sites for hydroxylation is 6. The minimum atomic E-state index is -1.35. The molecule has 0 aliphatic heterocycles. The first-order chi connectivity index (χ1) is 16.0. The van der Waals surface area contributed by atoms with E-state index in [-0.39, 0.29) is 6.10 Å². The van der Waals surface area contributed by atoms with E-state index in [9.17, 15) is 0 Å². The van der Waals surface area contributed by atoms with Gasteiger partial charge >= 0.3 is 34.6 Å². The van der Waals surface area contributed by atoms with E-state index in [1.54, 1.807) is 0 Å². The van der Waals surface area contributed by atoms with Crippen LogP contribution in [-0.4, -0.2) is 34.9 Å². The first kappa shape index (κ1) is 31.2. The van der Waals surface area contributed by atoms with E-state index < -0.39 is 28.8 Å². The first-order valence-corrected chi connectivity index (χ1v) is 23.1. The summed E-state index contributed by atoms with van der Waals surface area (Å²) in [5, 5.41) is 2.84. The van der Waals surface area contributed by atoms with E-state index in [0.717, 1.165) is 6.42 Å². The molecule has 2 aromatic carbocycles. The molecule has 1 nitrogen and oxygen atoms in total. The molecule has 0 fully saturated rings. The first-order valence-electron chi connectivity index (χ1n) is 13.1. The topological polar surface area (TPSA) is 9.23 Å². The number of unbranched alkanes of at least 4 members (excludes halogenated alkanes) is 4. The van der Waals surface area contributed by atoms with Crippen LogP contribution in [0.4, 0.5) is 0 Å². The van der Waals surface area contributed by atoms with Crippen molar-refractivity contribution in [2.75, 3.05) is 0 Å². The van der Waals surface area contributed by atoms with Gasteiger partial charge in [-0.25, -0.2) is 0 Å². The van der Waals surface area contributed by atoms with Gasteiger partial charge in [-0.15, -0.1) is 0 Å². The van der Waals surface area contributed by atoms with Gasteiger partial charge in [-0.2, -0.15) is 0 Å². The van der Waals surface area contributed by atoms with Crippen LogP contribution >= 0.6 is 0 Å². The molecule has 0 aliphatic rings. The van der Waals surface area contributed by atoms with Gasteiger partial charge in [0.15, 0.2) is 0 Å². The van der Waals surface area contributed by atoms with Crippen molar-refractivity contribution in [1.29, 1.82) is 0 Å². The molecular weight excluding hydrogens is 535 g/mol. The predicted molar refractivity (Wildman–Crippen MR) is 158 cm³/mol. The molecule has 0 saturated carbocycles. The predicted octanol–water partition coefficient (Wildman–Crippen LogP) is 7.95. The summed E-state index contributed by atoms with van der Waals surface area (Å²) in [6.07, 6.45) is 11.1. The van der Waals surface area contributed by atoms with Crippen LogP contribution in [0.5, 0.6) is 0 Å². The molecule has 2 aromatic rings. The van der Waals surface area contributed by atoms with Crippen LogP contribution in [0.25, 0.3) is 0 Å². The fourth-order valence-electron chi connectivity index (χ4n) is 4.52. The quantitative estimate of drug-likeness (QED) is 0.156. The molecule has 0 heterocycles. The SMILES string of the molecule is CCCCCC/C=C/[C@H](C)O[Si](c1c(C)cc(C)cc1C)c1c(C)cc(C)cc1C.[CH3][Sn]([CH3])[CH3]. The second kappa shape index (κ2) is 16.0. The molecule has 2 radical (unpaired) electrons. The van der Waals surface area contributed by atoms with Crippen molar-refractivity contribution in [3.8, 4) is 0 Å². The van der Waals surface area contributed by atoms with Gasteiger partial charge in [-0.3, -0.25) is 0 Å². The summed E-state index contributed by atoms with van der Waals surface area (Å²) in [6, 6.07) is 9.24. The monoisotopic (exact) mass is 586 g/mol. The molecule has 0 saturated heterocycles. The van der Waals surface area contributed by atoms with Crippen LogP contribution in [0.2, 0.25) is 14.8 Å². The third-order valence-corrected chi connectivity index (χ3v) is 8.84. The zero-order valence-corrected chi connectivity index (χ0v) is 27.8. The van der Waals surface area contributed by atoms with Gasteiger partial charge in [0.05, 0.1) is 6.10 Å². The Morgan fingerprint density at radius 2 is 1.18 bits per heavy atom. The van der Waals surface area contributed by atoms with Gasteiger partial charge in [0.25, 0.3) is 9.04 Å². The molecule has 0 unspecified atom stereocenters. The third kappa shape index (κ3) is 10.8. The van der Waals surface area contributed by atoms with Crippen LogP contribution in [0, 0.1) is 41.5 Å². The molecule has 0 aromatic heterocycles. The minimum absolute atomic E-state index is 0.116. The van der Waals surface area contributed by atoms with E-state index in [0.29, 0.717) is 0 Å². The Hall–Kier alpha value is -0.844. The van der Waals surface area contributed by atoms with Crippen molar-refractivity contribution >= 4 is 39.2 Å². The molecule has 3 heteroatoms. The molecule has 0 aliphatic carbocycles. The number of hydrogen-bond acceptors (Lipinski definition) is 1. The maximum absolute atomic E-state index is 6.87. The Morgan fingerprint density at radius 3 is 1.56 bits per heavy atom. The van der Waals surface area contributed by atoms with Gasteiger partial charge in [0, 0.05) is 0 Å². The van der Waals surface area contributed by atoms with Crippen molar-refractivity contribution < 1.29 is 4.43 Å². The van der Waals surface area contributed by atoms with Crippen LogP contribution in [0.1, 0.15) is 79.3 Å². The molecule has 0 N–H and O–H groups in total. The number of allylic oxidation sites excluding steroid dienone is 1. The van der Waals surface area contributed by atoms with Crippen LogP contribution in [0.3, 0.4) is 0 Å². The standard InChI is InChI=1S/C28H41OSi.3CH3.Sn/c1-9-10-11-12-13-14-15-26(8)29-30(27-22(4)16-20(2)17-23(27)5)28-24(6)18-21(3)19-25(28)7;;;;/h14-19,26H,9-13H2,1-8H3;3*1H3;/b15-14+;;;;/t26-;;;;/m0..../s1. The van der Waals surface area contributed by atoms with Crippen molar-refractivity contribution in [1.82, 2.24) is 0 Å². The van der Waals surface area contributed by atoms with Gasteiger partial charge in [0.1, 0.15) is 0 Å². The summed E-state index contributed by atoms with van der Waals surface area (Å²) in [6.45, 7) is 17.8. The third-order valence-electron chi connectivity index (χ3n) is 5.74. The van der Waals surface area contributed by atoms with E-state index in [2.05, 4.69) is 107 Å². The summed E-state index contributed by atoms with van der Waals surface area (Å²) >= 11 is -0.543.